The lowest BCUT2D eigenvalue weighted by atomic mass is 10.1. The minimum atomic E-state index is -0.236. The van der Waals surface area contributed by atoms with Gasteiger partial charge in [-0.1, -0.05) is 12.1 Å². The summed E-state index contributed by atoms with van der Waals surface area (Å²) >= 11 is 0. The van der Waals surface area contributed by atoms with Crippen molar-refractivity contribution in [1.82, 2.24) is 0 Å². The van der Waals surface area contributed by atoms with Crippen molar-refractivity contribution in [3.8, 4) is 11.8 Å². The lowest BCUT2D eigenvalue weighted by Crippen LogP contribution is -2.15. The predicted molar refractivity (Wildman–Crippen MR) is 95.1 cm³/mol. The summed E-state index contributed by atoms with van der Waals surface area (Å²) in [4.78, 5) is 12.0. The number of carbonyl (C=O) groups excluding carboxylic acids is 1. The molecular weight excluding hydrogens is 316 g/mol. The Morgan fingerprint density at radius 1 is 1.28 bits per heavy atom. The molecule has 1 atom stereocenters. The highest BCUT2D eigenvalue weighted by Crippen LogP contribution is 2.19. The van der Waals surface area contributed by atoms with Gasteiger partial charge >= 0.3 is 0 Å². The van der Waals surface area contributed by atoms with E-state index in [1.54, 1.807) is 36.4 Å². The summed E-state index contributed by atoms with van der Waals surface area (Å²) in [6.45, 7) is 1.36. The van der Waals surface area contributed by atoms with Gasteiger partial charge in [-0.05, 0) is 48.0 Å². The quantitative estimate of drug-likeness (QED) is 0.851. The number of nitriles is 1. The third kappa shape index (κ3) is 4.93. The van der Waals surface area contributed by atoms with Crippen LogP contribution in [0.15, 0.2) is 54.6 Å². The van der Waals surface area contributed by atoms with E-state index in [1.165, 1.54) is 6.08 Å². The third-order valence-electron chi connectivity index (χ3n) is 3.76. The summed E-state index contributed by atoms with van der Waals surface area (Å²) < 4.78 is 11.1. The van der Waals surface area contributed by atoms with E-state index < -0.39 is 0 Å². The number of carbonyl (C=O) groups is 1. The number of rotatable bonds is 5. The molecule has 1 aliphatic rings. The van der Waals surface area contributed by atoms with Crippen molar-refractivity contribution in [3.05, 3.63) is 65.7 Å². The maximum atomic E-state index is 12.0. The van der Waals surface area contributed by atoms with E-state index in [9.17, 15) is 4.79 Å². The molecule has 25 heavy (non-hydrogen) atoms. The first kappa shape index (κ1) is 16.7. The molecule has 126 valence electrons. The summed E-state index contributed by atoms with van der Waals surface area (Å²) in [5.41, 5.74) is 2.05. The first-order chi connectivity index (χ1) is 12.2. The van der Waals surface area contributed by atoms with E-state index in [0.29, 0.717) is 17.9 Å². The van der Waals surface area contributed by atoms with Gasteiger partial charge in [0.15, 0.2) is 0 Å². The van der Waals surface area contributed by atoms with E-state index in [1.807, 2.05) is 18.2 Å². The van der Waals surface area contributed by atoms with E-state index in [2.05, 4.69) is 11.4 Å². The molecular formula is C20H18N2O3. The highest BCUT2D eigenvalue weighted by Gasteiger charge is 2.16. The summed E-state index contributed by atoms with van der Waals surface area (Å²) in [5, 5.41) is 11.7. The van der Waals surface area contributed by atoms with Crippen LogP contribution in [-0.2, 0) is 9.53 Å². The molecule has 1 amide bonds. The standard InChI is InChI=1S/C20H18N2O3/c21-13-16-3-1-2-15(12-16)4-9-20(23)22-17-5-7-18(8-6-17)25-19-10-11-24-14-19/h1-9,12,19H,10-11,14H2,(H,22,23). The van der Waals surface area contributed by atoms with Crippen molar-refractivity contribution in [2.75, 3.05) is 18.5 Å². The van der Waals surface area contributed by atoms with Crippen LogP contribution >= 0.6 is 0 Å². The van der Waals surface area contributed by atoms with Crippen molar-refractivity contribution in [2.45, 2.75) is 12.5 Å². The first-order valence-electron chi connectivity index (χ1n) is 8.06. The molecule has 2 aromatic rings. The van der Waals surface area contributed by atoms with Gasteiger partial charge in [-0.3, -0.25) is 4.79 Å². The number of hydrogen-bond acceptors (Lipinski definition) is 4. The van der Waals surface area contributed by atoms with Crippen LogP contribution in [0, 0.1) is 11.3 Å². The maximum Gasteiger partial charge on any atom is 0.248 e. The second-order valence-corrected chi connectivity index (χ2v) is 5.69. The number of nitrogens with zero attached hydrogens (tertiary/aromatic N) is 1. The van der Waals surface area contributed by atoms with Gasteiger partial charge in [-0.25, -0.2) is 0 Å². The predicted octanol–water partition coefficient (Wildman–Crippen LogP) is 3.38. The molecule has 1 heterocycles. The van der Waals surface area contributed by atoms with Gasteiger partial charge in [0.2, 0.25) is 5.91 Å². The summed E-state index contributed by atoms with van der Waals surface area (Å²) in [6.07, 6.45) is 4.12. The smallest absolute Gasteiger partial charge is 0.248 e. The van der Waals surface area contributed by atoms with Crippen LogP contribution in [0.25, 0.3) is 6.08 Å². The van der Waals surface area contributed by atoms with Crippen LogP contribution in [0.4, 0.5) is 5.69 Å². The average molecular weight is 334 g/mol. The Balaban J connectivity index is 1.55. The molecule has 0 aliphatic carbocycles. The monoisotopic (exact) mass is 334 g/mol. The van der Waals surface area contributed by atoms with Gasteiger partial charge in [0.25, 0.3) is 0 Å². The maximum absolute atomic E-state index is 12.0. The lowest BCUT2D eigenvalue weighted by molar-refractivity contribution is -0.111. The van der Waals surface area contributed by atoms with Gasteiger partial charge in [0.1, 0.15) is 11.9 Å². The molecule has 3 rings (SSSR count). The van der Waals surface area contributed by atoms with E-state index >= 15 is 0 Å². The highest BCUT2D eigenvalue weighted by atomic mass is 16.5. The van der Waals surface area contributed by atoms with Gasteiger partial charge in [-0.2, -0.15) is 5.26 Å². The molecule has 0 aromatic heterocycles. The summed E-state index contributed by atoms with van der Waals surface area (Å²) in [6, 6.07) is 16.4. The zero-order valence-corrected chi connectivity index (χ0v) is 13.6. The van der Waals surface area contributed by atoms with Gasteiger partial charge in [0, 0.05) is 18.2 Å². The van der Waals surface area contributed by atoms with Crippen LogP contribution in [0.3, 0.4) is 0 Å². The minimum Gasteiger partial charge on any atom is -0.488 e. The molecule has 1 saturated heterocycles. The number of ether oxygens (including phenoxy) is 2. The van der Waals surface area contributed by atoms with Gasteiger partial charge < -0.3 is 14.8 Å². The Bertz CT molecular complexity index is 800. The van der Waals surface area contributed by atoms with E-state index in [-0.39, 0.29) is 12.0 Å². The molecule has 1 fully saturated rings. The molecule has 1 N–H and O–H groups in total. The van der Waals surface area contributed by atoms with E-state index in [0.717, 1.165) is 24.3 Å². The molecule has 5 nitrogen and oxygen atoms in total. The number of benzene rings is 2. The lowest BCUT2D eigenvalue weighted by Gasteiger charge is -2.12. The molecule has 5 heteroatoms. The Labute approximate surface area is 146 Å². The zero-order chi connectivity index (χ0) is 17.5. The fourth-order valence-corrected chi connectivity index (χ4v) is 2.48. The van der Waals surface area contributed by atoms with Crippen LogP contribution in [-0.4, -0.2) is 25.2 Å². The molecule has 1 unspecified atom stereocenters. The largest absolute Gasteiger partial charge is 0.488 e. The first-order valence-corrected chi connectivity index (χ1v) is 8.06. The second kappa shape index (κ2) is 8.13. The Morgan fingerprint density at radius 3 is 2.84 bits per heavy atom. The Hall–Kier alpha value is -3.10. The topological polar surface area (TPSA) is 71.4 Å². The van der Waals surface area contributed by atoms with Crippen molar-refractivity contribution >= 4 is 17.7 Å². The number of hydrogen-bond donors (Lipinski definition) is 1. The normalized spacial score (nSPS) is 16.5. The molecule has 0 radical (unpaired) electrons. The third-order valence-corrected chi connectivity index (χ3v) is 3.76. The molecule has 0 spiro atoms. The number of anilines is 1. The summed E-state index contributed by atoms with van der Waals surface area (Å²) in [7, 11) is 0. The zero-order valence-electron chi connectivity index (χ0n) is 13.6. The van der Waals surface area contributed by atoms with Crippen LogP contribution in [0.1, 0.15) is 17.5 Å². The minimum absolute atomic E-state index is 0.104. The number of amides is 1. The van der Waals surface area contributed by atoms with Crippen molar-refractivity contribution in [2.24, 2.45) is 0 Å². The van der Waals surface area contributed by atoms with Gasteiger partial charge in [0.05, 0.1) is 24.8 Å². The fourth-order valence-electron chi connectivity index (χ4n) is 2.48. The van der Waals surface area contributed by atoms with E-state index in [4.69, 9.17) is 14.7 Å². The van der Waals surface area contributed by atoms with Crippen LogP contribution < -0.4 is 10.1 Å². The molecule has 2 aromatic carbocycles. The second-order valence-electron chi connectivity index (χ2n) is 5.69. The molecule has 1 aliphatic heterocycles. The summed E-state index contributed by atoms with van der Waals surface area (Å²) in [5.74, 6) is 0.526. The fraction of sp³-hybridized carbons (Fsp3) is 0.200. The number of nitrogens with one attached hydrogen (secondary N) is 1. The molecule has 0 saturated carbocycles. The Kier molecular flexibility index (Phi) is 5.45. The van der Waals surface area contributed by atoms with Crippen LogP contribution in [0.2, 0.25) is 0 Å². The Morgan fingerprint density at radius 2 is 2.12 bits per heavy atom. The van der Waals surface area contributed by atoms with Gasteiger partial charge in [-0.15, -0.1) is 0 Å². The average Bonchev–Trinajstić information content (AvgIpc) is 3.15. The van der Waals surface area contributed by atoms with Crippen molar-refractivity contribution in [1.29, 1.82) is 5.26 Å². The van der Waals surface area contributed by atoms with Crippen molar-refractivity contribution < 1.29 is 14.3 Å². The van der Waals surface area contributed by atoms with Crippen molar-refractivity contribution in [3.63, 3.8) is 0 Å². The highest BCUT2D eigenvalue weighted by molar-refractivity contribution is 6.01. The molecule has 0 bridgehead atoms. The SMILES string of the molecule is N#Cc1cccc(C=CC(=O)Nc2ccc(OC3CCOC3)cc2)c1. The van der Waals surface area contributed by atoms with Crippen LogP contribution in [0.5, 0.6) is 5.75 Å².